The lowest BCUT2D eigenvalue weighted by molar-refractivity contribution is -0.150. The number of hydrogen-bond acceptors (Lipinski definition) is 4. The van der Waals surface area contributed by atoms with E-state index in [1.165, 1.54) is 0 Å². The molecule has 1 saturated heterocycles. The summed E-state index contributed by atoms with van der Waals surface area (Å²) in [5, 5.41) is 8.79. The molecule has 96 valence electrons. The van der Waals surface area contributed by atoms with E-state index >= 15 is 0 Å². The van der Waals surface area contributed by atoms with Crippen molar-refractivity contribution in [3.63, 3.8) is 0 Å². The third kappa shape index (κ3) is 4.01. The van der Waals surface area contributed by atoms with Crippen LogP contribution in [-0.4, -0.2) is 36.6 Å². The molecule has 0 aromatic rings. The van der Waals surface area contributed by atoms with Crippen LogP contribution in [0.25, 0.3) is 0 Å². The van der Waals surface area contributed by atoms with E-state index in [4.69, 9.17) is 10.00 Å². The number of piperidine rings is 1. The van der Waals surface area contributed by atoms with Gasteiger partial charge in [0.2, 0.25) is 0 Å². The van der Waals surface area contributed by atoms with Crippen molar-refractivity contribution >= 4 is 5.97 Å². The molecule has 0 spiro atoms. The van der Waals surface area contributed by atoms with E-state index in [9.17, 15) is 4.79 Å². The first-order valence-corrected chi connectivity index (χ1v) is 6.50. The highest BCUT2D eigenvalue weighted by Gasteiger charge is 2.29. The Hall–Kier alpha value is -1.08. The van der Waals surface area contributed by atoms with Crippen LogP contribution in [0.2, 0.25) is 0 Å². The van der Waals surface area contributed by atoms with E-state index in [1.54, 1.807) is 0 Å². The lowest BCUT2D eigenvalue weighted by Crippen LogP contribution is -2.44. The number of carbonyl (C=O) groups excluding carboxylic acids is 1. The van der Waals surface area contributed by atoms with Crippen molar-refractivity contribution in [2.75, 3.05) is 19.7 Å². The molecule has 0 aliphatic carbocycles. The average molecular weight is 238 g/mol. The van der Waals surface area contributed by atoms with E-state index in [-0.39, 0.29) is 17.9 Å². The highest BCUT2D eigenvalue weighted by Crippen LogP contribution is 2.22. The zero-order chi connectivity index (χ0) is 12.7. The van der Waals surface area contributed by atoms with Gasteiger partial charge in [-0.05, 0) is 32.7 Å². The zero-order valence-electron chi connectivity index (χ0n) is 10.8. The molecule has 17 heavy (non-hydrogen) atoms. The monoisotopic (exact) mass is 238 g/mol. The van der Waals surface area contributed by atoms with Crippen LogP contribution in [0, 0.1) is 17.2 Å². The number of likely N-dealkylation sites (tertiary alicyclic amines) is 1. The normalized spacial score (nSPS) is 22.8. The van der Waals surface area contributed by atoms with E-state index in [2.05, 4.69) is 17.9 Å². The van der Waals surface area contributed by atoms with E-state index in [1.807, 2.05) is 6.92 Å². The predicted octanol–water partition coefficient (Wildman–Crippen LogP) is 1.95. The first-order chi connectivity index (χ1) is 8.22. The second-order valence-corrected chi connectivity index (χ2v) is 4.51. The molecule has 4 nitrogen and oxygen atoms in total. The van der Waals surface area contributed by atoms with Crippen molar-refractivity contribution in [3.05, 3.63) is 0 Å². The third-order valence-corrected chi connectivity index (χ3v) is 3.39. The Balaban J connectivity index is 2.53. The van der Waals surface area contributed by atoms with Gasteiger partial charge in [-0.2, -0.15) is 5.26 Å². The maximum absolute atomic E-state index is 11.7. The van der Waals surface area contributed by atoms with Gasteiger partial charge in [0.25, 0.3) is 0 Å². The Bertz CT molecular complexity index is 286. The number of nitrogens with zero attached hydrogens (tertiary/aromatic N) is 2. The van der Waals surface area contributed by atoms with Crippen molar-refractivity contribution in [2.24, 2.45) is 5.92 Å². The van der Waals surface area contributed by atoms with Crippen molar-refractivity contribution in [2.45, 2.75) is 45.6 Å². The average Bonchev–Trinajstić information content (AvgIpc) is 2.36. The SMILES string of the molecule is CCOC(=O)[C@@H]1CCCN(C(CC)CC#N)C1. The van der Waals surface area contributed by atoms with E-state index < -0.39 is 0 Å². The topological polar surface area (TPSA) is 53.3 Å². The molecule has 2 atom stereocenters. The summed E-state index contributed by atoms with van der Waals surface area (Å²) in [6.07, 6.45) is 3.44. The minimum atomic E-state index is -0.0796. The van der Waals surface area contributed by atoms with Gasteiger partial charge in [-0.1, -0.05) is 6.92 Å². The number of carbonyl (C=O) groups is 1. The summed E-state index contributed by atoms with van der Waals surface area (Å²) in [5.41, 5.74) is 0. The Morgan fingerprint density at radius 2 is 2.35 bits per heavy atom. The van der Waals surface area contributed by atoms with Crippen LogP contribution in [0.4, 0.5) is 0 Å². The van der Waals surface area contributed by atoms with Crippen molar-refractivity contribution in [1.82, 2.24) is 4.90 Å². The predicted molar refractivity (Wildman–Crippen MR) is 65.2 cm³/mol. The maximum atomic E-state index is 11.7. The maximum Gasteiger partial charge on any atom is 0.310 e. The molecule has 0 amide bonds. The summed E-state index contributed by atoms with van der Waals surface area (Å²) >= 11 is 0. The first-order valence-electron chi connectivity index (χ1n) is 6.50. The molecule has 1 aliphatic heterocycles. The fourth-order valence-corrected chi connectivity index (χ4v) is 2.43. The number of hydrogen-bond donors (Lipinski definition) is 0. The van der Waals surface area contributed by atoms with Gasteiger partial charge < -0.3 is 4.74 Å². The van der Waals surface area contributed by atoms with Crippen LogP contribution in [0.1, 0.15) is 39.5 Å². The van der Waals surface area contributed by atoms with Crippen LogP contribution in [-0.2, 0) is 9.53 Å². The van der Waals surface area contributed by atoms with Crippen LogP contribution >= 0.6 is 0 Å². The molecule has 1 heterocycles. The van der Waals surface area contributed by atoms with Gasteiger partial charge in [-0.25, -0.2) is 0 Å². The molecular weight excluding hydrogens is 216 g/mol. The first kappa shape index (κ1) is 14.0. The van der Waals surface area contributed by atoms with Crippen LogP contribution in [0.3, 0.4) is 0 Å². The molecule has 0 aromatic heterocycles. The molecule has 4 heteroatoms. The fraction of sp³-hybridized carbons (Fsp3) is 0.846. The van der Waals surface area contributed by atoms with Gasteiger partial charge in [0, 0.05) is 12.6 Å². The van der Waals surface area contributed by atoms with Crippen molar-refractivity contribution < 1.29 is 9.53 Å². The zero-order valence-corrected chi connectivity index (χ0v) is 10.8. The Labute approximate surface area is 104 Å². The minimum Gasteiger partial charge on any atom is -0.466 e. The highest BCUT2D eigenvalue weighted by atomic mass is 16.5. The molecule has 0 aromatic carbocycles. The molecule has 0 bridgehead atoms. The van der Waals surface area contributed by atoms with Crippen molar-refractivity contribution in [3.8, 4) is 6.07 Å². The lowest BCUT2D eigenvalue weighted by atomic mass is 9.95. The molecule has 0 saturated carbocycles. The third-order valence-electron chi connectivity index (χ3n) is 3.39. The lowest BCUT2D eigenvalue weighted by Gasteiger charge is -2.36. The summed E-state index contributed by atoms with van der Waals surface area (Å²) in [6.45, 7) is 6.12. The van der Waals surface area contributed by atoms with Gasteiger partial charge in [-0.3, -0.25) is 9.69 Å². The largest absolute Gasteiger partial charge is 0.466 e. The number of nitriles is 1. The van der Waals surface area contributed by atoms with Crippen LogP contribution in [0.5, 0.6) is 0 Å². The number of rotatable bonds is 5. The van der Waals surface area contributed by atoms with Crippen LogP contribution < -0.4 is 0 Å². The quantitative estimate of drug-likeness (QED) is 0.687. The summed E-state index contributed by atoms with van der Waals surface area (Å²) in [6, 6.07) is 2.52. The smallest absolute Gasteiger partial charge is 0.310 e. The summed E-state index contributed by atoms with van der Waals surface area (Å²) in [4.78, 5) is 14.0. The number of esters is 1. The molecule has 1 rings (SSSR count). The minimum absolute atomic E-state index is 0.00329. The molecule has 0 N–H and O–H groups in total. The molecule has 1 fully saturated rings. The molecular formula is C13H22N2O2. The standard InChI is InChI=1S/C13H22N2O2/c1-3-12(7-8-14)15-9-5-6-11(10-15)13(16)17-4-2/h11-12H,3-7,9-10H2,1-2H3/t11-,12?/m1/s1. The van der Waals surface area contributed by atoms with Crippen molar-refractivity contribution in [1.29, 1.82) is 5.26 Å². The Morgan fingerprint density at radius 1 is 1.59 bits per heavy atom. The molecule has 1 aliphatic rings. The second kappa shape index (κ2) is 7.29. The summed E-state index contributed by atoms with van der Waals surface area (Å²) in [7, 11) is 0. The summed E-state index contributed by atoms with van der Waals surface area (Å²) in [5.74, 6) is -0.0829. The summed E-state index contributed by atoms with van der Waals surface area (Å²) < 4.78 is 5.07. The second-order valence-electron chi connectivity index (χ2n) is 4.51. The van der Waals surface area contributed by atoms with E-state index in [0.29, 0.717) is 13.0 Å². The van der Waals surface area contributed by atoms with Gasteiger partial charge in [-0.15, -0.1) is 0 Å². The van der Waals surface area contributed by atoms with Gasteiger partial charge in [0.1, 0.15) is 0 Å². The highest BCUT2D eigenvalue weighted by molar-refractivity contribution is 5.72. The molecule has 1 unspecified atom stereocenters. The fourth-order valence-electron chi connectivity index (χ4n) is 2.43. The van der Waals surface area contributed by atoms with Gasteiger partial charge in [0.05, 0.1) is 25.0 Å². The van der Waals surface area contributed by atoms with Gasteiger partial charge >= 0.3 is 5.97 Å². The number of ether oxygens (including phenoxy) is 1. The van der Waals surface area contributed by atoms with Crippen LogP contribution in [0.15, 0.2) is 0 Å². The molecule has 0 radical (unpaired) electrons. The Kier molecular flexibility index (Phi) is 5.99. The Morgan fingerprint density at radius 3 is 2.94 bits per heavy atom. The van der Waals surface area contributed by atoms with Gasteiger partial charge in [0.15, 0.2) is 0 Å². The van der Waals surface area contributed by atoms with E-state index in [0.717, 1.165) is 32.4 Å².